The van der Waals surface area contributed by atoms with Gasteiger partial charge in [-0.15, -0.1) is 24.0 Å². The van der Waals surface area contributed by atoms with E-state index in [4.69, 9.17) is 16.0 Å². The van der Waals surface area contributed by atoms with E-state index >= 15 is 0 Å². The number of halogens is 2. The first kappa shape index (κ1) is 21.6. The Labute approximate surface area is 181 Å². The van der Waals surface area contributed by atoms with Crippen LogP contribution in [0.4, 0.5) is 0 Å². The number of hydrogen-bond acceptors (Lipinski definition) is 3. The molecule has 1 aromatic heterocycles. The zero-order chi connectivity index (χ0) is 18.4. The van der Waals surface area contributed by atoms with Crippen molar-refractivity contribution in [2.75, 3.05) is 39.8 Å². The molecular formula is C19H24ClIN4O2. The Morgan fingerprint density at radius 2 is 1.81 bits per heavy atom. The van der Waals surface area contributed by atoms with Crippen LogP contribution in [0.1, 0.15) is 16.1 Å². The Bertz CT molecular complexity index is 742. The van der Waals surface area contributed by atoms with Gasteiger partial charge in [0, 0.05) is 44.8 Å². The van der Waals surface area contributed by atoms with E-state index in [2.05, 4.69) is 15.2 Å². The van der Waals surface area contributed by atoms with Crippen molar-refractivity contribution in [1.82, 2.24) is 15.1 Å². The maximum absolute atomic E-state index is 12.3. The lowest BCUT2D eigenvalue weighted by molar-refractivity contribution is 0.0658. The van der Waals surface area contributed by atoms with E-state index in [1.807, 2.05) is 29.2 Å². The van der Waals surface area contributed by atoms with Crippen molar-refractivity contribution in [3.63, 3.8) is 0 Å². The molecule has 1 saturated heterocycles. The van der Waals surface area contributed by atoms with Crippen LogP contribution in [0.2, 0.25) is 5.02 Å². The molecule has 0 bridgehead atoms. The summed E-state index contributed by atoms with van der Waals surface area (Å²) in [5.41, 5.74) is 1.23. The lowest BCUT2D eigenvalue weighted by atomic mass is 10.1. The molecule has 0 saturated carbocycles. The lowest BCUT2D eigenvalue weighted by Crippen LogP contribution is -2.53. The number of amides is 1. The first-order chi connectivity index (χ1) is 12.7. The fourth-order valence-corrected chi connectivity index (χ4v) is 3.11. The fourth-order valence-electron chi connectivity index (χ4n) is 2.98. The molecule has 2 heterocycles. The first-order valence-corrected chi connectivity index (χ1v) is 9.08. The molecule has 1 amide bonds. The third-order valence-electron chi connectivity index (χ3n) is 4.42. The van der Waals surface area contributed by atoms with Crippen LogP contribution in [-0.4, -0.2) is 61.4 Å². The summed E-state index contributed by atoms with van der Waals surface area (Å²) in [7, 11) is 1.78. The highest BCUT2D eigenvalue weighted by Crippen LogP contribution is 2.11. The quantitative estimate of drug-likeness (QED) is 0.396. The average Bonchev–Trinajstić information content (AvgIpc) is 3.21. The second kappa shape index (κ2) is 10.6. The number of benzene rings is 1. The minimum Gasteiger partial charge on any atom is -0.459 e. The molecule has 146 valence electrons. The van der Waals surface area contributed by atoms with Crippen molar-refractivity contribution in [3.8, 4) is 0 Å². The van der Waals surface area contributed by atoms with Gasteiger partial charge in [0.25, 0.3) is 5.91 Å². The summed E-state index contributed by atoms with van der Waals surface area (Å²) < 4.78 is 5.20. The summed E-state index contributed by atoms with van der Waals surface area (Å²) in [6, 6.07) is 11.3. The molecule has 0 atom stereocenters. The number of nitrogens with zero attached hydrogens (tertiary/aromatic N) is 3. The topological polar surface area (TPSA) is 61.1 Å². The molecule has 0 unspecified atom stereocenters. The zero-order valence-corrected chi connectivity index (χ0v) is 18.3. The maximum Gasteiger partial charge on any atom is 0.289 e. The lowest BCUT2D eigenvalue weighted by Gasteiger charge is -2.36. The minimum atomic E-state index is -0.0552. The average molecular weight is 503 g/mol. The van der Waals surface area contributed by atoms with E-state index in [1.165, 1.54) is 11.8 Å². The molecule has 1 fully saturated rings. The molecule has 0 spiro atoms. The predicted molar refractivity (Wildman–Crippen MR) is 118 cm³/mol. The zero-order valence-electron chi connectivity index (χ0n) is 15.2. The van der Waals surface area contributed by atoms with Crippen LogP contribution in [0.15, 0.2) is 52.1 Å². The summed E-state index contributed by atoms with van der Waals surface area (Å²) in [6.07, 6.45) is 2.42. The number of furan rings is 1. The molecule has 0 aliphatic carbocycles. The van der Waals surface area contributed by atoms with Crippen molar-refractivity contribution < 1.29 is 9.21 Å². The monoisotopic (exact) mass is 502 g/mol. The van der Waals surface area contributed by atoms with Gasteiger partial charge in [0.1, 0.15) is 0 Å². The molecule has 1 aliphatic rings. The second-order valence-corrected chi connectivity index (χ2v) is 6.54. The summed E-state index contributed by atoms with van der Waals surface area (Å²) in [4.78, 5) is 20.7. The van der Waals surface area contributed by atoms with Crippen LogP contribution >= 0.6 is 35.6 Å². The van der Waals surface area contributed by atoms with Crippen molar-refractivity contribution in [3.05, 3.63) is 59.0 Å². The van der Waals surface area contributed by atoms with Crippen molar-refractivity contribution in [1.29, 1.82) is 0 Å². The van der Waals surface area contributed by atoms with E-state index in [1.54, 1.807) is 19.2 Å². The van der Waals surface area contributed by atoms with Crippen LogP contribution in [0.3, 0.4) is 0 Å². The number of nitrogens with one attached hydrogen (secondary N) is 1. The third-order valence-corrected chi connectivity index (χ3v) is 4.67. The summed E-state index contributed by atoms with van der Waals surface area (Å²) >= 11 is 5.91. The third kappa shape index (κ3) is 5.87. The largest absolute Gasteiger partial charge is 0.459 e. The number of aliphatic imine (C=N–C) groups is 1. The van der Waals surface area contributed by atoms with Crippen LogP contribution < -0.4 is 5.32 Å². The van der Waals surface area contributed by atoms with E-state index in [0.29, 0.717) is 18.8 Å². The van der Waals surface area contributed by atoms with E-state index in [-0.39, 0.29) is 29.9 Å². The minimum absolute atomic E-state index is 0. The van der Waals surface area contributed by atoms with E-state index in [0.717, 1.165) is 37.0 Å². The first-order valence-electron chi connectivity index (χ1n) is 8.70. The highest BCUT2D eigenvalue weighted by molar-refractivity contribution is 14.0. The number of carbonyl (C=O) groups is 1. The van der Waals surface area contributed by atoms with Crippen molar-refractivity contribution in [2.24, 2.45) is 4.99 Å². The summed E-state index contributed by atoms with van der Waals surface area (Å²) in [6.45, 7) is 3.58. The molecular weight excluding hydrogens is 479 g/mol. The Morgan fingerprint density at radius 1 is 1.15 bits per heavy atom. The Morgan fingerprint density at radius 3 is 2.41 bits per heavy atom. The summed E-state index contributed by atoms with van der Waals surface area (Å²) in [5, 5.41) is 4.14. The van der Waals surface area contributed by atoms with Gasteiger partial charge in [-0.05, 0) is 36.2 Å². The number of piperazine rings is 1. The molecule has 1 aliphatic heterocycles. The highest BCUT2D eigenvalue weighted by atomic mass is 127. The van der Waals surface area contributed by atoms with Gasteiger partial charge in [-0.25, -0.2) is 0 Å². The van der Waals surface area contributed by atoms with Gasteiger partial charge in [0.15, 0.2) is 11.7 Å². The number of hydrogen-bond donors (Lipinski definition) is 1. The second-order valence-electron chi connectivity index (χ2n) is 6.11. The fraction of sp³-hybridized carbons (Fsp3) is 0.368. The molecule has 27 heavy (non-hydrogen) atoms. The van der Waals surface area contributed by atoms with Gasteiger partial charge in [0.05, 0.1) is 6.26 Å². The van der Waals surface area contributed by atoms with Gasteiger partial charge in [-0.1, -0.05) is 23.7 Å². The molecule has 8 heteroatoms. The van der Waals surface area contributed by atoms with Crippen LogP contribution in [0.25, 0.3) is 0 Å². The standard InChI is InChI=1S/C19H23ClN4O2.HI/c1-21-19(22-9-8-15-4-6-16(20)7-5-15)24-12-10-23(11-13-24)18(25)17-3-2-14-26-17;/h2-7,14H,8-13H2,1H3,(H,21,22);1H. The molecule has 3 rings (SSSR count). The highest BCUT2D eigenvalue weighted by Gasteiger charge is 2.24. The van der Waals surface area contributed by atoms with Gasteiger partial charge < -0.3 is 19.5 Å². The van der Waals surface area contributed by atoms with Gasteiger partial charge >= 0.3 is 0 Å². The molecule has 1 N–H and O–H groups in total. The van der Waals surface area contributed by atoms with Crippen LogP contribution in [-0.2, 0) is 6.42 Å². The smallest absolute Gasteiger partial charge is 0.289 e. The van der Waals surface area contributed by atoms with E-state index < -0.39 is 0 Å². The predicted octanol–water partition coefficient (Wildman–Crippen LogP) is 3.13. The van der Waals surface area contributed by atoms with Crippen molar-refractivity contribution in [2.45, 2.75) is 6.42 Å². The van der Waals surface area contributed by atoms with Crippen molar-refractivity contribution >= 4 is 47.4 Å². The molecule has 6 nitrogen and oxygen atoms in total. The van der Waals surface area contributed by atoms with Gasteiger partial charge in [-0.3, -0.25) is 9.79 Å². The van der Waals surface area contributed by atoms with Gasteiger partial charge in [-0.2, -0.15) is 0 Å². The van der Waals surface area contributed by atoms with Crippen LogP contribution in [0.5, 0.6) is 0 Å². The van der Waals surface area contributed by atoms with Gasteiger partial charge in [0.2, 0.25) is 0 Å². The molecule has 0 radical (unpaired) electrons. The van der Waals surface area contributed by atoms with Crippen LogP contribution in [0, 0.1) is 0 Å². The Kier molecular flexibility index (Phi) is 8.43. The SMILES string of the molecule is CN=C(NCCc1ccc(Cl)cc1)N1CCN(C(=O)c2ccco2)CC1.I. The maximum atomic E-state index is 12.3. The van der Waals surface area contributed by atoms with E-state index in [9.17, 15) is 4.79 Å². The summed E-state index contributed by atoms with van der Waals surface area (Å²) in [5.74, 6) is 1.20. The normalized spacial score (nSPS) is 14.7. The Balaban J connectivity index is 0.00000261. The number of guanidine groups is 1. The molecule has 1 aromatic carbocycles. The number of rotatable bonds is 4. The Hall–Kier alpha value is -1.74. The number of carbonyl (C=O) groups excluding carboxylic acids is 1. The molecule has 2 aromatic rings.